The second-order valence-corrected chi connectivity index (χ2v) is 5.90. The Kier molecular flexibility index (Phi) is 3.30. The lowest BCUT2D eigenvalue weighted by molar-refractivity contribution is -0.0981. The molecule has 2 fully saturated rings. The van der Waals surface area contributed by atoms with Crippen LogP contribution in [-0.4, -0.2) is 22.7 Å². The van der Waals surface area contributed by atoms with Crippen LogP contribution in [0.15, 0.2) is 11.1 Å². The summed E-state index contributed by atoms with van der Waals surface area (Å²) in [6.07, 6.45) is 6.56. The van der Waals surface area contributed by atoms with E-state index in [0.29, 0.717) is 9.76 Å². The Labute approximate surface area is 101 Å². The minimum Gasteiger partial charge on any atom is -0.387 e. The standard InChI is InChI=1S/C13H22O2Si/c1-12(2)11(10-8-6-5-7-9-10)13(12,14-3)15-16-4/h5-9H2,1-4H3. The molecule has 2 radical (unpaired) electrons. The lowest BCUT2D eigenvalue weighted by atomic mass is 9.93. The normalized spacial score (nSPS) is 33.0. The zero-order chi connectivity index (χ0) is 11.8. The summed E-state index contributed by atoms with van der Waals surface area (Å²) in [7, 11) is 2.26. The van der Waals surface area contributed by atoms with Gasteiger partial charge in [-0.1, -0.05) is 25.8 Å². The van der Waals surface area contributed by atoms with E-state index in [1.54, 1.807) is 12.7 Å². The molecular formula is C13H22O2Si. The number of rotatable bonds is 3. The second kappa shape index (κ2) is 4.28. The van der Waals surface area contributed by atoms with E-state index < -0.39 is 5.79 Å². The monoisotopic (exact) mass is 238 g/mol. The molecule has 2 aliphatic rings. The Morgan fingerprint density at radius 2 is 1.75 bits per heavy atom. The van der Waals surface area contributed by atoms with E-state index >= 15 is 0 Å². The van der Waals surface area contributed by atoms with Gasteiger partial charge < -0.3 is 9.16 Å². The van der Waals surface area contributed by atoms with Crippen molar-refractivity contribution in [2.75, 3.05) is 7.11 Å². The van der Waals surface area contributed by atoms with Gasteiger partial charge in [0.25, 0.3) is 0 Å². The van der Waals surface area contributed by atoms with E-state index in [1.165, 1.54) is 37.7 Å². The molecule has 1 atom stereocenters. The van der Waals surface area contributed by atoms with Crippen molar-refractivity contribution >= 4 is 9.76 Å². The van der Waals surface area contributed by atoms with Crippen molar-refractivity contribution < 1.29 is 9.16 Å². The third-order valence-corrected chi connectivity index (χ3v) is 4.55. The van der Waals surface area contributed by atoms with Gasteiger partial charge in [0.15, 0.2) is 5.79 Å². The molecule has 2 aliphatic carbocycles. The number of ether oxygens (including phenoxy) is 1. The maximum Gasteiger partial charge on any atom is 0.230 e. The first-order chi connectivity index (χ1) is 7.60. The molecule has 0 saturated heterocycles. The van der Waals surface area contributed by atoms with Crippen LogP contribution in [0.1, 0.15) is 46.0 Å². The van der Waals surface area contributed by atoms with Crippen LogP contribution in [0.4, 0.5) is 0 Å². The van der Waals surface area contributed by atoms with E-state index in [0.717, 1.165) is 0 Å². The van der Waals surface area contributed by atoms with E-state index in [2.05, 4.69) is 20.4 Å². The van der Waals surface area contributed by atoms with Gasteiger partial charge in [0.2, 0.25) is 9.76 Å². The highest BCUT2D eigenvalue weighted by molar-refractivity contribution is 6.25. The highest BCUT2D eigenvalue weighted by Gasteiger charge is 2.70. The predicted octanol–water partition coefficient (Wildman–Crippen LogP) is 3.31. The molecule has 0 spiro atoms. The van der Waals surface area contributed by atoms with Gasteiger partial charge in [-0.05, 0) is 37.8 Å². The summed E-state index contributed by atoms with van der Waals surface area (Å²) >= 11 is 0. The number of hydrogen-bond acceptors (Lipinski definition) is 2. The van der Waals surface area contributed by atoms with Crippen LogP contribution in [0.3, 0.4) is 0 Å². The molecule has 1 unspecified atom stereocenters. The van der Waals surface area contributed by atoms with Gasteiger partial charge >= 0.3 is 0 Å². The smallest absolute Gasteiger partial charge is 0.230 e. The quantitative estimate of drug-likeness (QED) is 0.426. The Hall–Kier alpha value is -0.123. The van der Waals surface area contributed by atoms with Crippen molar-refractivity contribution in [3.8, 4) is 0 Å². The third-order valence-electron chi connectivity index (χ3n) is 4.06. The Morgan fingerprint density at radius 3 is 2.25 bits per heavy atom. The van der Waals surface area contributed by atoms with Crippen molar-refractivity contribution in [1.82, 2.24) is 0 Å². The topological polar surface area (TPSA) is 18.5 Å². The van der Waals surface area contributed by atoms with Crippen LogP contribution in [0.5, 0.6) is 0 Å². The molecule has 0 N–H and O–H groups in total. The van der Waals surface area contributed by atoms with E-state index in [-0.39, 0.29) is 5.41 Å². The molecule has 2 saturated carbocycles. The van der Waals surface area contributed by atoms with Crippen LogP contribution in [0, 0.1) is 5.41 Å². The van der Waals surface area contributed by atoms with E-state index in [4.69, 9.17) is 9.16 Å². The van der Waals surface area contributed by atoms with Gasteiger partial charge in [-0.2, -0.15) is 0 Å². The molecule has 2 rings (SSSR count). The van der Waals surface area contributed by atoms with Crippen molar-refractivity contribution in [3.05, 3.63) is 11.1 Å². The molecule has 0 bridgehead atoms. The molecule has 90 valence electrons. The van der Waals surface area contributed by atoms with E-state index in [1.807, 2.05) is 0 Å². The van der Waals surface area contributed by atoms with E-state index in [9.17, 15) is 0 Å². The van der Waals surface area contributed by atoms with Crippen LogP contribution in [0.2, 0.25) is 6.55 Å². The van der Waals surface area contributed by atoms with Gasteiger partial charge in [0.1, 0.15) is 0 Å². The summed E-state index contributed by atoms with van der Waals surface area (Å²) in [5.41, 5.74) is 3.13. The lowest BCUT2D eigenvalue weighted by Gasteiger charge is -2.18. The molecule has 3 heteroatoms. The van der Waals surface area contributed by atoms with Crippen LogP contribution in [-0.2, 0) is 9.16 Å². The summed E-state index contributed by atoms with van der Waals surface area (Å²) in [5.74, 6) is -0.396. The van der Waals surface area contributed by atoms with Crippen molar-refractivity contribution in [3.63, 3.8) is 0 Å². The highest BCUT2D eigenvalue weighted by Crippen LogP contribution is 2.66. The first-order valence-corrected chi connectivity index (χ1v) is 7.64. The second-order valence-electron chi connectivity index (χ2n) is 5.29. The first kappa shape index (κ1) is 12.3. The summed E-state index contributed by atoms with van der Waals surface area (Å²) in [6, 6.07) is 0. The van der Waals surface area contributed by atoms with Crippen molar-refractivity contribution in [1.29, 1.82) is 0 Å². The van der Waals surface area contributed by atoms with Crippen molar-refractivity contribution in [2.24, 2.45) is 5.41 Å². The molecule has 0 aromatic heterocycles. The number of hydrogen-bond donors (Lipinski definition) is 0. The highest BCUT2D eigenvalue weighted by atomic mass is 28.2. The summed E-state index contributed by atoms with van der Waals surface area (Å²) in [5, 5.41) is 0. The fourth-order valence-corrected chi connectivity index (χ4v) is 3.94. The largest absolute Gasteiger partial charge is 0.387 e. The zero-order valence-electron chi connectivity index (χ0n) is 10.9. The maximum absolute atomic E-state index is 5.92. The number of methoxy groups -OCH3 is 1. The first-order valence-electron chi connectivity index (χ1n) is 6.23. The van der Waals surface area contributed by atoms with Crippen molar-refractivity contribution in [2.45, 2.75) is 58.3 Å². The predicted molar refractivity (Wildman–Crippen MR) is 66.3 cm³/mol. The fraction of sp³-hybridized carbons (Fsp3) is 0.846. The zero-order valence-corrected chi connectivity index (χ0v) is 11.9. The van der Waals surface area contributed by atoms with Gasteiger partial charge in [-0.15, -0.1) is 0 Å². The van der Waals surface area contributed by atoms with Gasteiger partial charge in [0, 0.05) is 12.5 Å². The van der Waals surface area contributed by atoms with Gasteiger partial charge in [0.05, 0.1) is 0 Å². The minimum absolute atomic E-state index is 0.0808. The molecule has 0 aliphatic heterocycles. The molecule has 0 aromatic rings. The minimum atomic E-state index is -0.396. The average Bonchev–Trinajstić information content (AvgIpc) is 2.77. The summed E-state index contributed by atoms with van der Waals surface area (Å²) in [4.78, 5) is 0. The maximum atomic E-state index is 5.92. The molecular weight excluding hydrogens is 216 g/mol. The fourth-order valence-electron chi connectivity index (χ4n) is 3.21. The van der Waals surface area contributed by atoms with Gasteiger partial charge in [-0.3, -0.25) is 0 Å². The van der Waals surface area contributed by atoms with Crippen LogP contribution < -0.4 is 0 Å². The Bertz CT molecular complexity index is 301. The summed E-state index contributed by atoms with van der Waals surface area (Å²) in [6.45, 7) is 6.56. The van der Waals surface area contributed by atoms with Crippen LogP contribution in [0.25, 0.3) is 0 Å². The average molecular weight is 238 g/mol. The van der Waals surface area contributed by atoms with Crippen LogP contribution >= 0.6 is 0 Å². The Balaban J connectivity index is 2.28. The molecule has 0 heterocycles. The number of allylic oxidation sites excluding steroid dienone is 1. The third kappa shape index (κ3) is 1.60. The Morgan fingerprint density at radius 1 is 1.12 bits per heavy atom. The molecule has 2 nitrogen and oxygen atoms in total. The molecule has 0 amide bonds. The lowest BCUT2D eigenvalue weighted by Crippen LogP contribution is -2.24. The SMILES string of the molecule is COC1(O[Si]C)C(=C2CCCCC2)C1(C)C. The summed E-state index contributed by atoms with van der Waals surface area (Å²) < 4.78 is 11.6. The molecule has 16 heavy (non-hydrogen) atoms. The molecule has 0 aromatic carbocycles. The van der Waals surface area contributed by atoms with Gasteiger partial charge in [-0.25, -0.2) is 0 Å².